The van der Waals surface area contributed by atoms with Crippen molar-refractivity contribution in [3.8, 4) is 0 Å². The Labute approximate surface area is 132 Å². The van der Waals surface area contributed by atoms with Crippen molar-refractivity contribution in [1.29, 1.82) is 0 Å². The van der Waals surface area contributed by atoms with Gasteiger partial charge in [-0.15, -0.1) is 11.3 Å². The molecule has 1 aromatic heterocycles. The zero-order chi connectivity index (χ0) is 16.5. The predicted octanol–water partition coefficient (Wildman–Crippen LogP) is 1.17. The highest BCUT2D eigenvalue weighted by molar-refractivity contribution is 7.11. The van der Waals surface area contributed by atoms with Crippen LogP contribution in [-0.4, -0.2) is 63.9 Å². The van der Waals surface area contributed by atoms with E-state index in [1.165, 1.54) is 5.38 Å². The standard InChI is InChI=1S/C14H19N3O4S/c1-14(2,3)13(21)17-6-4-16(5-7-17)11(18)9-8-22-10(15-9)12(19)20/h8H,4-7H2,1-3H3,(H,19,20). The number of rotatable bonds is 2. The number of carbonyl (C=O) groups excluding carboxylic acids is 2. The third-order valence-electron chi connectivity index (χ3n) is 3.40. The van der Waals surface area contributed by atoms with Crippen molar-refractivity contribution in [2.75, 3.05) is 26.2 Å². The minimum Gasteiger partial charge on any atom is -0.476 e. The Morgan fingerprint density at radius 3 is 2.14 bits per heavy atom. The summed E-state index contributed by atoms with van der Waals surface area (Å²) in [5, 5.41) is 10.2. The second-order valence-corrected chi connectivity index (χ2v) is 7.04. The fraction of sp³-hybridized carbons (Fsp3) is 0.571. The topological polar surface area (TPSA) is 90.8 Å². The van der Waals surface area contributed by atoms with E-state index in [0.717, 1.165) is 11.3 Å². The Kier molecular flexibility index (Phi) is 4.50. The van der Waals surface area contributed by atoms with Crippen LogP contribution >= 0.6 is 11.3 Å². The van der Waals surface area contributed by atoms with E-state index in [9.17, 15) is 14.4 Å². The van der Waals surface area contributed by atoms with E-state index >= 15 is 0 Å². The maximum atomic E-state index is 12.3. The molecule has 1 aliphatic rings. The number of carbonyl (C=O) groups is 3. The van der Waals surface area contributed by atoms with Crippen LogP contribution in [-0.2, 0) is 4.79 Å². The van der Waals surface area contributed by atoms with Gasteiger partial charge in [-0.1, -0.05) is 20.8 Å². The summed E-state index contributed by atoms with van der Waals surface area (Å²) in [7, 11) is 0. The summed E-state index contributed by atoms with van der Waals surface area (Å²) in [4.78, 5) is 42.5. The Morgan fingerprint density at radius 1 is 1.14 bits per heavy atom. The molecule has 0 atom stereocenters. The van der Waals surface area contributed by atoms with Crippen LogP contribution in [0.5, 0.6) is 0 Å². The molecule has 1 N–H and O–H groups in total. The number of piperazine rings is 1. The van der Waals surface area contributed by atoms with Gasteiger partial charge in [-0.05, 0) is 0 Å². The van der Waals surface area contributed by atoms with Gasteiger partial charge in [0.1, 0.15) is 5.69 Å². The van der Waals surface area contributed by atoms with Crippen LogP contribution in [0.1, 0.15) is 41.1 Å². The number of carboxylic acids is 1. The van der Waals surface area contributed by atoms with Gasteiger partial charge >= 0.3 is 5.97 Å². The fourth-order valence-electron chi connectivity index (χ4n) is 2.22. The van der Waals surface area contributed by atoms with E-state index in [1.807, 2.05) is 20.8 Å². The number of hydrogen-bond donors (Lipinski definition) is 1. The molecule has 0 unspecified atom stereocenters. The summed E-state index contributed by atoms with van der Waals surface area (Å²) in [5.74, 6) is -1.35. The van der Waals surface area contributed by atoms with Crippen molar-refractivity contribution in [2.24, 2.45) is 5.41 Å². The largest absolute Gasteiger partial charge is 0.476 e. The molecule has 1 aromatic rings. The normalized spacial score (nSPS) is 15.8. The molecule has 8 heteroatoms. The van der Waals surface area contributed by atoms with Crippen LogP contribution in [0.25, 0.3) is 0 Å². The third-order valence-corrected chi connectivity index (χ3v) is 4.23. The fourth-order valence-corrected chi connectivity index (χ4v) is 2.85. The van der Waals surface area contributed by atoms with Gasteiger partial charge in [-0.25, -0.2) is 9.78 Å². The monoisotopic (exact) mass is 325 g/mol. The molecule has 0 radical (unpaired) electrons. The van der Waals surface area contributed by atoms with E-state index in [2.05, 4.69) is 4.98 Å². The second kappa shape index (κ2) is 6.04. The van der Waals surface area contributed by atoms with Crippen LogP contribution in [0.3, 0.4) is 0 Å². The molecule has 0 saturated carbocycles. The maximum Gasteiger partial charge on any atom is 0.365 e. The molecule has 1 fully saturated rings. The lowest BCUT2D eigenvalue weighted by Gasteiger charge is -2.37. The summed E-state index contributed by atoms with van der Waals surface area (Å²) in [6.45, 7) is 7.44. The number of thiazole rings is 1. The highest BCUT2D eigenvalue weighted by Gasteiger charge is 2.31. The Bertz CT molecular complexity index is 597. The first-order valence-electron chi connectivity index (χ1n) is 6.97. The number of carboxylic acid groups (broad SMARTS) is 1. The molecule has 120 valence electrons. The van der Waals surface area contributed by atoms with Crippen molar-refractivity contribution < 1.29 is 19.5 Å². The predicted molar refractivity (Wildman–Crippen MR) is 81.0 cm³/mol. The van der Waals surface area contributed by atoms with Crippen molar-refractivity contribution in [3.63, 3.8) is 0 Å². The number of aromatic carboxylic acids is 1. The number of hydrogen-bond acceptors (Lipinski definition) is 5. The summed E-state index contributed by atoms with van der Waals surface area (Å²) >= 11 is 0.936. The number of amides is 2. The van der Waals surface area contributed by atoms with Gasteiger partial charge in [0.05, 0.1) is 0 Å². The lowest BCUT2D eigenvalue weighted by molar-refractivity contribution is -0.140. The van der Waals surface area contributed by atoms with Gasteiger partial charge in [0.2, 0.25) is 10.9 Å². The maximum absolute atomic E-state index is 12.3. The van der Waals surface area contributed by atoms with Crippen LogP contribution < -0.4 is 0 Å². The molecule has 7 nitrogen and oxygen atoms in total. The Morgan fingerprint density at radius 2 is 1.68 bits per heavy atom. The molecule has 0 bridgehead atoms. The smallest absolute Gasteiger partial charge is 0.365 e. The summed E-state index contributed by atoms with van der Waals surface area (Å²) in [6.07, 6.45) is 0. The molecule has 2 amide bonds. The van der Waals surface area contributed by atoms with E-state index in [-0.39, 0.29) is 22.5 Å². The van der Waals surface area contributed by atoms with Crippen molar-refractivity contribution in [1.82, 2.24) is 14.8 Å². The first kappa shape index (κ1) is 16.4. The van der Waals surface area contributed by atoms with Crippen molar-refractivity contribution in [3.05, 3.63) is 16.1 Å². The highest BCUT2D eigenvalue weighted by Crippen LogP contribution is 2.19. The quantitative estimate of drug-likeness (QED) is 0.881. The van der Waals surface area contributed by atoms with Crippen LogP contribution in [0.4, 0.5) is 0 Å². The van der Waals surface area contributed by atoms with Gasteiger partial charge in [0.25, 0.3) is 5.91 Å². The van der Waals surface area contributed by atoms with Gasteiger partial charge in [-0.3, -0.25) is 9.59 Å². The molecule has 0 aromatic carbocycles. The number of nitrogens with zero attached hydrogens (tertiary/aromatic N) is 3. The first-order chi connectivity index (χ1) is 10.2. The lowest BCUT2D eigenvalue weighted by Crippen LogP contribution is -2.53. The second-order valence-electron chi connectivity index (χ2n) is 6.18. The zero-order valence-electron chi connectivity index (χ0n) is 12.8. The van der Waals surface area contributed by atoms with E-state index < -0.39 is 11.4 Å². The Balaban J connectivity index is 1.97. The van der Waals surface area contributed by atoms with Crippen molar-refractivity contribution >= 4 is 29.1 Å². The molecular weight excluding hydrogens is 306 g/mol. The first-order valence-corrected chi connectivity index (χ1v) is 7.85. The van der Waals surface area contributed by atoms with Gasteiger partial charge in [0, 0.05) is 37.0 Å². The molecule has 0 aliphatic carbocycles. The molecule has 1 aliphatic heterocycles. The molecule has 1 saturated heterocycles. The summed E-state index contributed by atoms with van der Waals surface area (Å²) in [5.41, 5.74) is -0.282. The minimum absolute atomic E-state index is 0.0708. The molecule has 0 spiro atoms. The van der Waals surface area contributed by atoms with E-state index in [1.54, 1.807) is 9.80 Å². The van der Waals surface area contributed by atoms with Crippen LogP contribution in [0.15, 0.2) is 5.38 Å². The molecule has 2 heterocycles. The zero-order valence-corrected chi connectivity index (χ0v) is 13.6. The van der Waals surface area contributed by atoms with Gasteiger partial charge in [-0.2, -0.15) is 0 Å². The van der Waals surface area contributed by atoms with Crippen molar-refractivity contribution in [2.45, 2.75) is 20.8 Å². The minimum atomic E-state index is -1.13. The van der Waals surface area contributed by atoms with Gasteiger partial charge in [0.15, 0.2) is 0 Å². The summed E-state index contributed by atoms with van der Waals surface area (Å²) in [6, 6.07) is 0. The molecule has 22 heavy (non-hydrogen) atoms. The summed E-state index contributed by atoms with van der Waals surface area (Å²) < 4.78 is 0. The van der Waals surface area contributed by atoms with Crippen LogP contribution in [0, 0.1) is 5.41 Å². The average Bonchev–Trinajstić information content (AvgIpc) is 2.95. The molecular formula is C14H19N3O4S. The van der Waals surface area contributed by atoms with E-state index in [4.69, 9.17) is 5.11 Å². The number of aromatic nitrogens is 1. The van der Waals surface area contributed by atoms with E-state index in [0.29, 0.717) is 26.2 Å². The van der Waals surface area contributed by atoms with Gasteiger partial charge < -0.3 is 14.9 Å². The van der Waals surface area contributed by atoms with Crippen LogP contribution in [0.2, 0.25) is 0 Å². The molecule has 2 rings (SSSR count). The third kappa shape index (κ3) is 3.44. The Hall–Kier alpha value is -1.96. The highest BCUT2D eigenvalue weighted by atomic mass is 32.1. The SMILES string of the molecule is CC(C)(C)C(=O)N1CCN(C(=O)c2csc(C(=O)O)n2)CC1. The lowest BCUT2D eigenvalue weighted by atomic mass is 9.94. The average molecular weight is 325 g/mol.